The highest BCUT2D eigenvalue weighted by atomic mass is 32.1. The van der Waals surface area contributed by atoms with Crippen LogP contribution < -0.4 is 5.32 Å². The van der Waals surface area contributed by atoms with Gasteiger partial charge in [-0.1, -0.05) is 6.07 Å². The van der Waals surface area contributed by atoms with Gasteiger partial charge in [0, 0.05) is 22.4 Å². The number of phenols is 2. The van der Waals surface area contributed by atoms with Crippen molar-refractivity contribution in [1.29, 1.82) is 0 Å². The van der Waals surface area contributed by atoms with Gasteiger partial charge in [0.15, 0.2) is 16.6 Å². The molecule has 3 rings (SSSR count). The molecule has 2 aromatic heterocycles. The molecular formula is C15H14N2O2S2. The summed E-state index contributed by atoms with van der Waals surface area (Å²) in [5, 5.41) is 27.0. The third-order valence-electron chi connectivity index (χ3n) is 3.00. The molecule has 0 unspecified atom stereocenters. The van der Waals surface area contributed by atoms with Crippen molar-refractivity contribution in [2.45, 2.75) is 6.42 Å². The number of hydrogen-bond acceptors (Lipinski definition) is 6. The number of hydrogen-bond donors (Lipinski definition) is 3. The molecule has 0 bridgehead atoms. The van der Waals surface area contributed by atoms with Gasteiger partial charge < -0.3 is 15.5 Å². The largest absolute Gasteiger partial charge is 0.504 e. The van der Waals surface area contributed by atoms with E-state index in [2.05, 4.69) is 27.8 Å². The molecular weight excluding hydrogens is 304 g/mol. The van der Waals surface area contributed by atoms with E-state index in [-0.39, 0.29) is 11.5 Å². The molecule has 0 aliphatic heterocycles. The van der Waals surface area contributed by atoms with Gasteiger partial charge in [0.1, 0.15) is 0 Å². The molecule has 3 aromatic rings. The van der Waals surface area contributed by atoms with Gasteiger partial charge in [0.05, 0.1) is 5.69 Å². The Hall–Kier alpha value is -2.05. The molecule has 0 aliphatic rings. The van der Waals surface area contributed by atoms with Crippen molar-refractivity contribution in [1.82, 2.24) is 4.98 Å². The molecule has 0 saturated carbocycles. The van der Waals surface area contributed by atoms with Gasteiger partial charge in [0.25, 0.3) is 0 Å². The van der Waals surface area contributed by atoms with Gasteiger partial charge in [-0.05, 0) is 36.1 Å². The van der Waals surface area contributed by atoms with Crippen LogP contribution in [0, 0.1) is 0 Å². The number of anilines is 1. The molecule has 0 aliphatic carbocycles. The second-order valence-corrected chi connectivity index (χ2v) is 6.39. The first-order chi connectivity index (χ1) is 10.2. The molecule has 21 heavy (non-hydrogen) atoms. The minimum atomic E-state index is -0.132. The maximum atomic E-state index is 9.53. The molecule has 0 spiro atoms. The number of rotatable bonds is 5. The fourth-order valence-electron chi connectivity index (χ4n) is 1.92. The zero-order valence-electron chi connectivity index (χ0n) is 11.1. The van der Waals surface area contributed by atoms with Gasteiger partial charge in [0.2, 0.25) is 0 Å². The van der Waals surface area contributed by atoms with Crippen LogP contribution in [0.15, 0.2) is 41.1 Å². The predicted octanol–water partition coefficient (Wildman–Crippen LogP) is 3.94. The summed E-state index contributed by atoms with van der Waals surface area (Å²) in [5.74, 6) is -0.254. The lowest BCUT2D eigenvalue weighted by Gasteiger charge is -2.01. The number of benzene rings is 1. The standard InChI is InChI=1S/C15H14N2O2S2/c18-13-4-3-10(8-14(13)19)12-9-21-15(17-12)16-6-5-11-2-1-7-20-11/h1-4,7-9,18-19H,5-6H2,(H,16,17). The van der Waals surface area contributed by atoms with Gasteiger partial charge in [-0.3, -0.25) is 0 Å². The van der Waals surface area contributed by atoms with Crippen LogP contribution in [0.4, 0.5) is 5.13 Å². The third kappa shape index (κ3) is 3.34. The Balaban J connectivity index is 1.64. The predicted molar refractivity (Wildman–Crippen MR) is 87.4 cm³/mol. The Morgan fingerprint density at radius 1 is 1.10 bits per heavy atom. The van der Waals surface area contributed by atoms with Crippen LogP contribution in [-0.4, -0.2) is 21.7 Å². The van der Waals surface area contributed by atoms with Crippen LogP contribution in [0.5, 0.6) is 11.5 Å². The van der Waals surface area contributed by atoms with Crippen molar-refractivity contribution >= 4 is 27.8 Å². The van der Waals surface area contributed by atoms with Gasteiger partial charge in [-0.25, -0.2) is 4.98 Å². The van der Waals surface area contributed by atoms with Crippen LogP contribution in [0.1, 0.15) is 4.88 Å². The van der Waals surface area contributed by atoms with Gasteiger partial charge >= 0.3 is 0 Å². The summed E-state index contributed by atoms with van der Waals surface area (Å²) in [4.78, 5) is 5.84. The van der Waals surface area contributed by atoms with Crippen molar-refractivity contribution in [2.24, 2.45) is 0 Å². The molecule has 108 valence electrons. The van der Waals surface area contributed by atoms with E-state index in [4.69, 9.17) is 0 Å². The van der Waals surface area contributed by atoms with Crippen LogP contribution in [0.3, 0.4) is 0 Å². The monoisotopic (exact) mass is 318 g/mol. The Morgan fingerprint density at radius 3 is 2.76 bits per heavy atom. The fraction of sp³-hybridized carbons (Fsp3) is 0.133. The molecule has 0 atom stereocenters. The lowest BCUT2D eigenvalue weighted by atomic mass is 10.1. The average Bonchev–Trinajstić information content (AvgIpc) is 3.13. The van der Waals surface area contributed by atoms with E-state index >= 15 is 0 Å². The fourth-order valence-corrected chi connectivity index (χ4v) is 3.38. The Bertz CT molecular complexity index is 723. The number of nitrogens with zero attached hydrogens (tertiary/aromatic N) is 1. The first-order valence-corrected chi connectivity index (χ1v) is 8.22. The van der Waals surface area contributed by atoms with E-state index in [1.807, 2.05) is 5.38 Å². The maximum absolute atomic E-state index is 9.53. The summed E-state index contributed by atoms with van der Waals surface area (Å²) in [7, 11) is 0. The highest BCUT2D eigenvalue weighted by molar-refractivity contribution is 7.14. The van der Waals surface area contributed by atoms with Crippen molar-refractivity contribution < 1.29 is 10.2 Å². The van der Waals surface area contributed by atoms with Crippen molar-refractivity contribution in [3.63, 3.8) is 0 Å². The van der Waals surface area contributed by atoms with E-state index in [9.17, 15) is 10.2 Å². The minimum absolute atomic E-state index is 0.122. The SMILES string of the molecule is Oc1ccc(-c2csc(NCCc3cccs3)n2)cc1O. The second-order valence-electron chi connectivity index (χ2n) is 4.50. The highest BCUT2D eigenvalue weighted by Gasteiger charge is 2.07. The highest BCUT2D eigenvalue weighted by Crippen LogP contribution is 2.32. The Kier molecular flexibility index (Phi) is 4.08. The van der Waals surface area contributed by atoms with Crippen molar-refractivity contribution in [3.05, 3.63) is 46.0 Å². The van der Waals surface area contributed by atoms with E-state index in [1.54, 1.807) is 17.4 Å². The lowest BCUT2D eigenvalue weighted by molar-refractivity contribution is 0.404. The molecule has 6 heteroatoms. The van der Waals surface area contributed by atoms with E-state index in [0.717, 1.165) is 29.4 Å². The van der Waals surface area contributed by atoms with E-state index < -0.39 is 0 Å². The van der Waals surface area contributed by atoms with Gasteiger partial charge in [-0.2, -0.15) is 0 Å². The number of phenolic OH excluding ortho intramolecular Hbond substituents is 2. The number of aromatic nitrogens is 1. The quantitative estimate of drug-likeness (QED) is 0.624. The molecule has 0 radical (unpaired) electrons. The summed E-state index contributed by atoms with van der Waals surface area (Å²) in [6, 6.07) is 8.89. The summed E-state index contributed by atoms with van der Waals surface area (Å²) in [6.07, 6.45) is 0.979. The topological polar surface area (TPSA) is 65.4 Å². The van der Waals surface area contributed by atoms with Crippen molar-refractivity contribution in [2.75, 3.05) is 11.9 Å². The molecule has 4 nitrogen and oxygen atoms in total. The molecule has 1 aromatic carbocycles. The summed E-state index contributed by atoms with van der Waals surface area (Å²) < 4.78 is 0. The summed E-state index contributed by atoms with van der Waals surface area (Å²) in [6.45, 7) is 0.842. The zero-order chi connectivity index (χ0) is 14.7. The first-order valence-electron chi connectivity index (χ1n) is 6.46. The molecule has 3 N–H and O–H groups in total. The summed E-state index contributed by atoms with van der Waals surface area (Å²) in [5.41, 5.74) is 1.57. The molecule has 0 fully saturated rings. The lowest BCUT2D eigenvalue weighted by Crippen LogP contribution is -2.03. The Morgan fingerprint density at radius 2 is 2.00 bits per heavy atom. The maximum Gasteiger partial charge on any atom is 0.183 e. The smallest absolute Gasteiger partial charge is 0.183 e. The van der Waals surface area contributed by atoms with E-state index in [1.165, 1.54) is 28.3 Å². The van der Waals surface area contributed by atoms with Crippen LogP contribution in [0.2, 0.25) is 0 Å². The number of thiazole rings is 1. The first kappa shape index (κ1) is 13.9. The van der Waals surface area contributed by atoms with Crippen LogP contribution in [-0.2, 0) is 6.42 Å². The number of aromatic hydroxyl groups is 2. The minimum Gasteiger partial charge on any atom is -0.504 e. The zero-order valence-corrected chi connectivity index (χ0v) is 12.7. The third-order valence-corrected chi connectivity index (χ3v) is 4.74. The molecule has 0 saturated heterocycles. The normalized spacial score (nSPS) is 10.7. The summed E-state index contributed by atoms with van der Waals surface area (Å²) >= 11 is 3.28. The van der Waals surface area contributed by atoms with Crippen LogP contribution >= 0.6 is 22.7 Å². The van der Waals surface area contributed by atoms with Crippen molar-refractivity contribution in [3.8, 4) is 22.8 Å². The Labute approximate surface area is 130 Å². The van der Waals surface area contributed by atoms with Crippen LogP contribution in [0.25, 0.3) is 11.3 Å². The molecule has 2 heterocycles. The molecule has 0 amide bonds. The number of thiophene rings is 1. The van der Waals surface area contributed by atoms with Gasteiger partial charge in [-0.15, -0.1) is 22.7 Å². The van der Waals surface area contributed by atoms with E-state index in [0.29, 0.717) is 0 Å². The number of nitrogens with one attached hydrogen (secondary N) is 1. The second kappa shape index (κ2) is 6.15. The average molecular weight is 318 g/mol.